The van der Waals surface area contributed by atoms with Gasteiger partial charge in [0, 0.05) is 18.3 Å². The van der Waals surface area contributed by atoms with Crippen LogP contribution in [0.4, 0.5) is 10.3 Å². The summed E-state index contributed by atoms with van der Waals surface area (Å²) in [7, 11) is 0. The number of hydrogen-bond acceptors (Lipinski definition) is 6. The number of halogens is 1. The third-order valence-electron chi connectivity index (χ3n) is 2.65. The minimum absolute atomic E-state index is 0.314. The molecular weight excluding hydrogens is 275 g/mol. The molecule has 0 radical (unpaired) electrons. The summed E-state index contributed by atoms with van der Waals surface area (Å²) in [5.74, 6) is 0.696. The molecule has 8 heteroatoms. The van der Waals surface area contributed by atoms with Gasteiger partial charge < -0.3 is 9.84 Å². The van der Waals surface area contributed by atoms with E-state index in [1.807, 2.05) is 6.92 Å². The van der Waals surface area contributed by atoms with Crippen LogP contribution in [0, 0.1) is 12.7 Å². The fraction of sp³-hybridized carbons (Fsp3) is 0.0769. The lowest BCUT2D eigenvalue weighted by Gasteiger charge is -2.01. The highest BCUT2D eigenvalue weighted by Crippen LogP contribution is 2.11. The molecule has 3 rings (SSSR count). The van der Waals surface area contributed by atoms with Crippen LogP contribution < -0.4 is 5.32 Å². The maximum absolute atomic E-state index is 12.9. The normalized spacial score (nSPS) is 11.1. The Bertz CT molecular complexity index is 761. The zero-order valence-electron chi connectivity index (χ0n) is 11.1. The molecule has 0 saturated carbocycles. The monoisotopic (exact) mass is 286 g/mol. The van der Waals surface area contributed by atoms with Gasteiger partial charge in [0.2, 0.25) is 5.88 Å². The summed E-state index contributed by atoms with van der Waals surface area (Å²) in [5, 5.41) is 18.0. The van der Waals surface area contributed by atoms with E-state index in [9.17, 15) is 4.39 Å². The van der Waals surface area contributed by atoms with Gasteiger partial charge in [-0.3, -0.25) is 0 Å². The van der Waals surface area contributed by atoms with E-state index in [2.05, 4.69) is 26.0 Å². The number of nitrogens with one attached hydrogen (secondary N) is 1. The first-order chi connectivity index (χ1) is 10.2. The largest absolute Gasteiger partial charge is 0.338 e. The second-order valence-corrected chi connectivity index (χ2v) is 4.24. The molecule has 0 saturated heterocycles. The number of tetrazole rings is 1. The maximum atomic E-state index is 12.9. The van der Waals surface area contributed by atoms with Crippen molar-refractivity contribution in [2.75, 3.05) is 5.32 Å². The fourth-order valence-electron chi connectivity index (χ4n) is 1.69. The Hall–Kier alpha value is -3.03. The van der Waals surface area contributed by atoms with Crippen LogP contribution in [-0.2, 0) is 0 Å². The number of nitrogens with zero attached hydrogens (tertiary/aromatic N) is 5. The molecule has 7 nitrogen and oxygen atoms in total. The molecule has 1 N–H and O–H groups in total. The molecule has 0 aliphatic heterocycles. The van der Waals surface area contributed by atoms with Crippen molar-refractivity contribution in [3.63, 3.8) is 0 Å². The molecule has 0 spiro atoms. The van der Waals surface area contributed by atoms with Gasteiger partial charge in [0.15, 0.2) is 5.82 Å². The van der Waals surface area contributed by atoms with Gasteiger partial charge >= 0.3 is 0 Å². The van der Waals surface area contributed by atoms with Crippen molar-refractivity contribution < 1.29 is 8.91 Å². The molecule has 21 heavy (non-hydrogen) atoms. The fourth-order valence-corrected chi connectivity index (χ4v) is 1.69. The molecular formula is C13H11FN6O. The average Bonchev–Trinajstić information content (AvgIpc) is 3.09. The summed E-state index contributed by atoms with van der Waals surface area (Å²) in [4.78, 5) is 0. The number of anilines is 1. The van der Waals surface area contributed by atoms with E-state index in [0.29, 0.717) is 17.4 Å². The van der Waals surface area contributed by atoms with E-state index in [1.54, 1.807) is 30.5 Å². The zero-order chi connectivity index (χ0) is 14.7. The Morgan fingerprint density at radius 3 is 2.81 bits per heavy atom. The van der Waals surface area contributed by atoms with Crippen LogP contribution in [0.1, 0.15) is 11.5 Å². The van der Waals surface area contributed by atoms with E-state index in [4.69, 9.17) is 4.52 Å². The molecule has 1 aromatic carbocycles. The van der Waals surface area contributed by atoms with Crippen molar-refractivity contribution in [1.82, 2.24) is 25.4 Å². The highest BCUT2D eigenvalue weighted by Gasteiger charge is 2.05. The minimum atomic E-state index is -0.314. The summed E-state index contributed by atoms with van der Waals surface area (Å²) in [6, 6.07) is 7.64. The molecule has 2 heterocycles. The highest BCUT2D eigenvalue weighted by atomic mass is 19.1. The Balaban J connectivity index is 1.77. The lowest BCUT2D eigenvalue weighted by Crippen LogP contribution is -2.00. The number of hydrogen-bond donors (Lipinski definition) is 1. The minimum Gasteiger partial charge on any atom is -0.338 e. The predicted octanol–water partition coefficient (Wildman–Crippen LogP) is 2.18. The van der Waals surface area contributed by atoms with Gasteiger partial charge in [-0.2, -0.15) is 4.68 Å². The van der Waals surface area contributed by atoms with Gasteiger partial charge in [-0.05, 0) is 41.6 Å². The summed E-state index contributed by atoms with van der Waals surface area (Å²) in [6.45, 7) is 1.83. The SMILES string of the molecule is Cc1cc(NC=Cc2nnnn2-c2ccc(F)cc2)on1. The van der Waals surface area contributed by atoms with Crippen molar-refractivity contribution >= 4 is 12.0 Å². The molecule has 0 atom stereocenters. The molecule has 0 aliphatic rings. The van der Waals surface area contributed by atoms with E-state index in [-0.39, 0.29) is 5.82 Å². The second kappa shape index (κ2) is 5.53. The first-order valence-electron chi connectivity index (χ1n) is 6.13. The van der Waals surface area contributed by atoms with Crippen LogP contribution >= 0.6 is 0 Å². The topological polar surface area (TPSA) is 81.7 Å². The van der Waals surface area contributed by atoms with E-state index >= 15 is 0 Å². The lowest BCUT2D eigenvalue weighted by molar-refractivity contribution is 0.429. The first-order valence-corrected chi connectivity index (χ1v) is 6.13. The van der Waals surface area contributed by atoms with Crippen LogP contribution in [0.5, 0.6) is 0 Å². The Morgan fingerprint density at radius 2 is 2.10 bits per heavy atom. The molecule has 0 aliphatic carbocycles. The van der Waals surface area contributed by atoms with Gasteiger partial charge in [-0.1, -0.05) is 5.16 Å². The van der Waals surface area contributed by atoms with Crippen molar-refractivity contribution in [2.45, 2.75) is 6.92 Å². The van der Waals surface area contributed by atoms with Gasteiger partial charge in [0.05, 0.1) is 11.4 Å². The summed E-state index contributed by atoms with van der Waals surface area (Å²) < 4.78 is 19.4. The third kappa shape index (κ3) is 2.94. The van der Waals surface area contributed by atoms with Gasteiger partial charge in [0.1, 0.15) is 5.82 Å². The Morgan fingerprint density at radius 1 is 1.29 bits per heavy atom. The summed E-state index contributed by atoms with van der Waals surface area (Å²) in [6.07, 6.45) is 3.30. The average molecular weight is 286 g/mol. The van der Waals surface area contributed by atoms with Crippen LogP contribution in [0.2, 0.25) is 0 Å². The Kier molecular flexibility index (Phi) is 3.42. The van der Waals surface area contributed by atoms with E-state index in [1.165, 1.54) is 16.8 Å². The molecule has 0 amide bonds. The second-order valence-electron chi connectivity index (χ2n) is 4.24. The molecule has 0 fully saturated rings. The van der Waals surface area contributed by atoms with Gasteiger partial charge in [0.25, 0.3) is 0 Å². The Labute approximate surface area is 119 Å². The van der Waals surface area contributed by atoms with Crippen molar-refractivity contribution in [3.05, 3.63) is 53.9 Å². The predicted molar refractivity (Wildman–Crippen MR) is 73.0 cm³/mol. The molecule has 0 unspecified atom stereocenters. The molecule has 106 valence electrons. The highest BCUT2D eigenvalue weighted by molar-refractivity contribution is 5.48. The third-order valence-corrected chi connectivity index (χ3v) is 2.65. The number of aromatic nitrogens is 5. The maximum Gasteiger partial charge on any atom is 0.228 e. The van der Waals surface area contributed by atoms with Crippen molar-refractivity contribution in [3.8, 4) is 5.69 Å². The summed E-state index contributed by atoms with van der Waals surface area (Å²) in [5.41, 5.74) is 1.44. The lowest BCUT2D eigenvalue weighted by atomic mass is 10.3. The number of rotatable bonds is 4. The van der Waals surface area contributed by atoms with Crippen LogP contribution in [-0.4, -0.2) is 25.4 Å². The van der Waals surface area contributed by atoms with Crippen LogP contribution in [0.3, 0.4) is 0 Å². The standard InChI is InChI=1S/C13H11FN6O/c1-9-8-13(21-17-9)15-7-6-12-16-18-19-20(12)11-4-2-10(14)3-5-11/h2-8,15H,1H3. The zero-order valence-corrected chi connectivity index (χ0v) is 11.1. The molecule has 2 aromatic heterocycles. The quantitative estimate of drug-likeness (QED) is 0.791. The van der Waals surface area contributed by atoms with Crippen LogP contribution in [0.15, 0.2) is 41.1 Å². The van der Waals surface area contributed by atoms with Crippen molar-refractivity contribution in [1.29, 1.82) is 0 Å². The van der Waals surface area contributed by atoms with Gasteiger partial charge in [-0.15, -0.1) is 5.10 Å². The molecule has 0 bridgehead atoms. The number of benzene rings is 1. The van der Waals surface area contributed by atoms with E-state index < -0.39 is 0 Å². The summed E-state index contributed by atoms with van der Waals surface area (Å²) >= 11 is 0. The van der Waals surface area contributed by atoms with Gasteiger partial charge in [-0.25, -0.2) is 4.39 Å². The molecule has 3 aromatic rings. The van der Waals surface area contributed by atoms with Crippen molar-refractivity contribution in [2.24, 2.45) is 0 Å². The van der Waals surface area contributed by atoms with E-state index in [0.717, 1.165) is 5.69 Å². The number of aryl methyl sites for hydroxylation is 1. The first kappa shape index (κ1) is 13.0. The smallest absolute Gasteiger partial charge is 0.228 e. The van der Waals surface area contributed by atoms with Crippen LogP contribution in [0.25, 0.3) is 11.8 Å².